The third kappa shape index (κ3) is 72.4. The zero-order valence-electron chi connectivity index (χ0n) is 63.9. The molecule has 582 valence electrons. The second kappa shape index (κ2) is 72.0. The van der Waals surface area contributed by atoms with Gasteiger partial charge in [0.2, 0.25) is 0 Å². The molecule has 0 heterocycles. The van der Waals surface area contributed by atoms with Crippen LogP contribution in [0.5, 0.6) is 0 Å². The molecule has 0 aromatic rings. The number of carbonyl (C=O) groups is 4. The fraction of sp³-hybridized carbons (Fsp3) is 0.949. The fourth-order valence-corrected chi connectivity index (χ4v) is 13.8. The standard InChI is InChI=1S/C79H154O17P2/c1-6-9-12-15-18-21-24-27-29-30-32-35-38-44-49-54-59-64-78(83)95-74(68-90-77(82)63-58-53-48-43-37-34-31-28-25-22-19-16-13-10-7-2)70-93-97(85,86)91-66-73(80)67-92-98(87,88)94-71-75(96-79(84)65-60-55-50-45-40-39-41-46-51-56-61-72(4)5)69-89-76(81)62-57-52-47-42-36-33-26-23-20-17-14-11-8-3/h72-75,80H,6-71H2,1-5H3,(H,85,86)(H,87,88)/t73-,74-,75-/m1/s1. The fourth-order valence-electron chi connectivity index (χ4n) is 12.2. The van der Waals surface area contributed by atoms with Crippen LogP contribution in [0.15, 0.2) is 0 Å². The maximum Gasteiger partial charge on any atom is 0.472 e. The number of phosphoric acid groups is 2. The monoisotopic (exact) mass is 1440 g/mol. The number of esters is 4. The van der Waals surface area contributed by atoms with Crippen molar-refractivity contribution < 1.29 is 80.2 Å². The number of phosphoric ester groups is 2. The van der Waals surface area contributed by atoms with E-state index < -0.39 is 97.5 Å². The van der Waals surface area contributed by atoms with Crippen molar-refractivity contribution in [2.45, 2.75) is 438 Å². The quantitative estimate of drug-likeness (QED) is 0.0222. The molecule has 17 nitrogen and oxygen atoms in total. The van der Waals surface area contributed by atoms with Crippen LogP contribution in [0, 0.1) is 5.92 Å². The summed E-state index contributed by atoms with van der Waals surface area (Å²) in [6, 6.07) is 0. The summed E-state index contributed by atoms with van der Waals surface area (Å²) in [6.07, 6.45) is 62.3. The van der Waals surface area contributed by atoms with Gasteiger partial charge in [0.1, 0.15) is 19.3 Å². The number of rotatable bonds is 79. The number of aliphatic hydroxyl groups excluding tert-OH is 1. The van der Waals surface area contributed by atoms with E-state index in [0.717, 1.165) is 95.8 Å². The lowest BCUT2D eigenvalue weighted by atomic mass is 10.0. The minimum Gasteiger partial charge on any atom is -0.462 e. The molecule has 0 aliphatic rings. The third-order valence-electron chi connectivity index (χ3n) is 18.5. The zero-order chi connectivity index (χ0) is 71.9. The van der Waals surface area contributed by atoms with Gasteiger partial charge in [-0.05, 0) is 31.6 Å². The molecule has 19 heteroatoms. The predicted octanol–water partition coefficient (Wildman–Crippen LogP) is 23.6. The van der Waals surface area contributed by atoms with Crippen LogP contribution in [-0.2, 0) is 65.4 Å². The molecule has 0 bridgehead atoms. The van der Waals surface area contributed by atoms with Crippen LogP contribution in [0.4, 0.5) is 0 Å². The predicted molar refractivity (Wildman–Crippen MR) is 400 cm³/mol. The lowest BCUT2D eigenvalue weighted by molar-refractivity contribution is -0.161. The summed E-state index contributed by atoms with van der Waals surface area (Å²) in [5.41, 5.74) is 0. The summed E-state index contributed by atoms with van der Waals surface area (Å²) in [5, 5.41) is 10.6. The molecule has 3 N–H and O–H groups in total. The van der Waals surface area contributed by atoms with E-state index in [-0.39, 0.29) is 25.7 Å². The van der Waals surface area contributed by atoms with Gasteiger partial charge in [-0.25, -0.2) is 9.13 Å². The summed E-state index contributed by atoms with van der Waals surface area (Å²) >= 11 is 0. The highest BCUT2D eigenvalue weighted by atomic mass is 31.2. The smallest absolute Gasteiger partial charge is 0.462 e. The van der Waals surface area contributed by atoms with Crippen LogP contribution < -0.4 is 0 Å². The Kier molecular flexibility index (Phi) is 70.6. The van der Waals surface area contributed by atoms with Crippen LogP contribution in [0.3, 0.4) is 0 Å². The first kappa shape index (κ1) is 96.1. The molecule has 0 aliphatic carbocycles. The molecule has 98 heavy (non-hydrogen) atoms. The molecule has 5 atom stereocenters. The molecular formula is C79H154O17P2. The van der Waals surface area contributed by atoms with Gasteiger partial charge in [0.05, 0.1) is 26.4 Å². The molecule has 0 saturated heterocycles. The molecular weight excluding hydrogens is 1280 g/mol. The van der Waals surface area contributed by atoms with Crippen LogP contribution in [-0.4, -0.2) is 96.7 Å². The highest BCUT2D eigenvalue weighted by Gasteiger charge is 2.30. The van der Waals surface area contributed by atoms with Crippen molar-refractivity contribution in [2.24, 2.45) is 5.92 Å². The normalized spacial score (nSPS) is 13.9. The summed E-state index contributed by atoms with van der Waals surface area (Å²) in [4.78, 5) is 73.0. The topological polar surface area (TPSA) is 237 Å². The summed E-state index contributed by atoms with van der Waals surface area (Å²) < 4.78 is 68.7. The molecule has 0 radical (unpaired) electrons. The van der Waals surface area contributed by atoms with Crippen LogP contribution in [0.1, 0.15) is 420 Å². The number of unbranched alkanes of at least 4 members (excludes halogenated alkanes) is 51. The molecule has 0 fully saturated rings. The molecule has 0 spiro atoms. The average Bonchev–Trinajstić information content (AvgIpc) is 1.00. The SMILES string of the molecule is CCCCCCCCCCCCCCCCCCCC(=O)O[C@H](COC(=O)CCCCCCCCCCCCCCCCC)COP(=O)(O)OC[C@@H](O)COP(=O)(O)OC[C@@H](COC(=O)CCCCCCCCCCCCCCC)OC(=O)CCCCCCCCCCCCC(C)C. The second-order valence-corrected chi connectivity index (χ2v) is 31.8. The van der Waals surface area contributed by atoms with Crippen molar-refractivity contribution in [3.63, 3.8) is 0 Å². The highest BCUT2D eigenvalue weighted by Crippen LogP contribution is 2.45. The van der Waals surface area contributed by atoms with Gasteiger partial charge in [0.25, 0.3) is 0 Å². The Hall–Kier alpha value is -1.94. The van der Waals surface area contributed by atoms with Crippen LogP contribution >= 0.6 is 15.6 Å². The largest absolute Gasteiger partial charge is 0.472 e. The van der Waals surface area contributed by atoms with Crippen molar-refractivity contribution in [2.75, 3.05) is 39.6 Å². The Morgan fingerprint density at radius 3 is 0.694 bits per heavy atom. The van der Waals surface area contributed by atoms with Crippen molar-refractivity contribution >= 4 is 39.5 Å². The van der Waals surface area contributed by atoms with Crippen molar-refractivity contribution in [3.8, 4) is 0 Å². The van der Waals surface area contributed by atoms with Gasteiger partial charge < -0.3 is 33.8 Å². The van der Waals surface area contributed by atoms with Crippen molar-refractivity contribution in [1.82, 2.24) is 0 Å². The Bertz CT molecular complexity index is 1870. The Balaban J connectivity index is 5.26. The van der Waals surface area contributed by atoms with Gasteiger partial charge in [-0.3, -0.25) is 37.3 Å². The van der Waals surface area contributed by atoms with Gasteiger partial charge in [0.15, 0.2) is 12.2 Å². The number of hydrogen-bond acceptors (Lipinski definition) is 15. The van der Waals surface area contributed by atoms with E-state index in [9.17, 15) is 43.2 Å². The lowest BCUT2D eigenvalue weighted by Crippen LogP contribution is -2.30. The van der Waals surface area contributed by atoms with E-state index in [0.29, 0.717) is 25.7 Å². The van der Waals surface area contributed by atoms with Crippen molar-refractivity contribution in [3.05, 3.63) is 0 Å². The maximum absolute atomic E-state index is 13.1. The van der Waals surface area contributed by atoms with Gasteiger partial charge in [0, 0.05) is 25.7 Å². The maximum atomic E-state index is 13.1. The molecule has 0 saturated carbocycles. The molecule has 2 unspecified atom stereocenters. The first-order chi connectivity index (χ1) is 47.5. The Morgan fingerprint density at radius 1 is 0.276 bits per heavy atom. The average molecular weight is 1440 g/mol. The molecule has 0 rings (SSSR count). The van der Waals surface area contributed by atoms with E-state index in [2.05, 4.69) is 34.6 Å². The Morgan fingerprint density at radius 2 is 0.469 bits per heavy atom. The van der Waals surface area contributed by atoms with Gasteiger partial charge in [-0.15, -0.1) is 0 Å². The minimum atomic E-state index is -4.96. The number of ether oxygens (including phenoxy) is 4. The first-order valence-corrected chi connectivity index (χ1v) is 44.1. The van der Waals surface area contributed by atoms with Crippen molar-refractivity contribution in [1.29, 1.82) is 0 Å². The van der Waals surface area contributed by atoms with Gasteiger partial charge in [-0.1, -0.05) is 369 Å². The lowest BCUT2D eigenvalue weighted by Gasteiger charge is -2.21. The summed E-state index contributed by atoms with van der Waals surface area (Å²) in [6.45, 7) is 7.32. The van der Waals surface area contributed by atoms with Crippen LogP contribution in [0.2, 0.25) is 0 Å². The third-order valence-corrected chi connectivity index (χ3v) is 20.4. The molecule has 0 amide bonds. The molecule has 0 aromatic carbocycles. The Labute approximate surface area is 600 Å². The summed E-state index contributed by atoms with van der Waals surface area (Å²) in [7, 11) is -9.92. The zero-order valence-corrected chi connectivity index (χ0v) is 65.7. The number of hydrogen-bond donors (Lipinski definition) is 3. The first-order valence-electron chi connectivity index (χ1n) is 41.1. The highest BCUT2D eigenvalue weighted by molar-refractivity contribution is 7.47. The molecule has 0 aromatic heterocycles. The number of aliphatic hydroxyl groups is 1. The van der Waals surface area contributed by atoms with E-state index in [1.54, 1.807) is 0 Å². The molecule has 0 aliphatic heterocycles. The minimum absolute atomic E-state index is 0.107. The van der Waals surface area contributed by atoms with E-state index in [1.165, 1.54) is 244 Å². The summed E-state index contributed by atoms with van der Waals surface area (Å²) in [5.74, 6) is -1.35. The van der Waals surface area contributed by atoms with Crippen LogP contribution in [0.25, 0.3) is 0 Å². The second-order valence-electron chi connectivity index (χ2n) is 28.9. The van der Waals surface area contributed by atoms with Gasteiger partial charge in [-0.2, -0.15) is 0 Å². The van der Waals surface area contributed by atoms with E-state index >= 15 is 0 Å². The number of carbonyl (C=O) groups excluding carboxylic acids is 4. The van der Waals surface area contributed by atoms with E-state index in [1.807, 2.05) is 0 Å². The van der Waals surface area contributed by atoms with E-state index in [4.69, 9.17) is 37.0 Å². The van der Waals surface area contributed by atoms with Gasteiger partial charge >= 0.3 is 39.5 Å².